The van der Waals surface area contributed by atoms with Crippen LogP contribution in [0.5, 0.6) is 0 Å². The first kappa shape index (κ1) is 21.5. The third-order valence-electron chi connectivity index (χ3n) is 5.12. The van der Waals surface area contributed by atoms with Crippen molar-refractivity contribution in [2.45, 2.75) is 33.1 Å². The first-order valence-electron chi connectivity index (χ1n) is 10.3. The number of amides is 1. The van der Waals surface area contributed by atoms with E-state index in [-0.39, 0.29) is 24.0 Å². The van der Waals surface area contributed by atoms with Gasteiger partial charge in [0, 0.05) is 13.1 Å². The summed E-state index contributed by atoms with van der Waals surface area (Å²) in [5.74, 6) is 0.493. The van der Waals surface area contributed by atoms with Gasteiger partial charge in [0.25, 0.3) is 5.91 Å². The average molecular weight is 433 g/mol. The number of carbonyl (C=O) groups excluding carboxylic acids is 1. The zero-order valence-corrected chi connectivity index (χ0v) is 17.8. The van der Waals surface area contributed by atoms with Gasteiger partial charge in [-0.05, 0) is 47.9 Å². The number of nitrogens with one attached hydrogen (secondary N) is 1. The number of oxazole rings is 1. The van der Waals surface area contributed by atoms with Gasteiger partial charge in [-0.25, -0.2) is 9.37 Å². The molecule has 0 aliphatic carbocycles. The molecule has 0 unspecified atom stereocenters. The lowest BCUT2D eigenvalue weighted by Crippen LogP contribution is -2.24. The molecular weight excluding hydrogens is 409 g/mol. The monoisotopic (exact) mass is 433 g/mol. The molecule has 7 heteroatoms. The van der Waals surface area contributed by atoms with Crippen LogP contribution in [-0.2, 0) is 26.2 Å². The molecule has 6 nitrogen and oxygen atoms in total. The molecule has 0 spiro atoms. The number of hydrogen-bond acceptors (Lipinski definition) is 5. The molecule has 0 fully saturated rings. The highest BCUT2D eigenvalue weighted by Gasteiger charge is 2.16. The Labute approximate surface area is 185 Å². The fraction of sp³-hybridized carbons (Fsp3) is 0.200. The summed E-state index contributed by atoms with van der Waals surface area (Å²) in [7, 11) is 0. The molecule has 0 radical (unpaired) electrons. The molecule has 2 heterocycles. The van der Waals surface area contributed by atoms with Crippen molar-refractivity contribution in [3.63, 3.8) is 0 Å². The number of nitrogens with zero attached hydrogens (tertiary/aromatic N) is 2. The third kappa shape index (κ3) is 5.70. The molecule has 1 N–H and O–H groups in total. The van der Waals surface area contributed by atoms with Gasteiger partial charge in [0.2, 0.25) is 5.89 Å². The maximum atomic E-state index is 13.3. The van der Waals surface area contributed by atoms with E-state index in [1.54, 1.807) is 30.5 Å². The molecular formula is C25H24FN3O3. The molecule has 0 saturated heterocycles. The SMILES string of the molecule is Cc1ccccc1CN(Cc1ccc(F)cc1)Cc1nc(C(=O)NCc2ccco2)co1. The Kier molecular flexibility index (Phi) is 6.77. The lowest BCUT2D eigenvalue weighted by molar-refractivity contribution is 0.0943. The zero-order valence-electron chi connectivity index (χ0n) is 17.8. The van der Waals surface area contributed by atoms with Crippen molar-refractivity contribution in [2.75, 3.05) is 0 Å². The molecule has 2 aromatic carbocycles. The summed E-state index contributed by atoms with van der Waals surface area (Å²) < 4.78 is 24.1. The summed E-state index contributed by atoms with van der Waals surface area (Å²) >= 11 is 0. The highest BCUT2D eigenvalue weighted by Crippen LogP contribution is 2.17. The van der Waals surface area contributed by atoms with E-state index in [1.807, 2.05) is 12.1 Å². The number of furan rings is 1. The van der Waals surface area contributed by atoms with Crippen molar-refractivity contribution in [2.24, 2.45) is 0 Å². The maximum Gasteiger partial charge on any atom is 0.273 e. The number of aromatic nitrogens is 1. The molecule has 0 aliphatic rings. The van der Waals surface area contributed by atoms with Crippen molar-refractivity contribution >= 4 is 5.91 Å². The number of halogens is 1. The summed E-state index contributed by atoms with van der Waals surface area (Å²) in [6.07, 6.45) is 2.91. The van der Waals surface area contributed by atoms with Gasteiger partial charge >= 0.3 is 0 Å². The summed E-state index contributed by atoms with van der Waals surface area (Å²) in [5.41, 5.74) is 3.55. The van der Waals surface area contributed by atoms with E-state index in [4.69, 9.17) is 8.83 Å². The second kappa shape index (κ2) is 10.1. The predicted molar refractivity (Wildman–Crippen MR) is 117 cm³/mol. The van der Waals surface area contributed by atoms with E-state index in [0.717, 1.165) is 5.56 Å². The highest BCUT2D eigenvalue weighted by molar-refractivity contribution is 5.91. The van der Waals surface area contributed by atoms with Crippen LogP contribution in [0.1, 0.15) is 38.8 Å². The number of rotatable bonds is 9. The fourth-order valence-electron chi connectivity index (χ4n) is 3.39. The molecule has 4 aromatic rings. The van der Waals surface area contributed by atoms with E-state index in [2.05, 4.69) is 34.3 Å². The van der Waals surface area contributed by atoms with Gasteiger partial charge in [-0.2, -0.15) is 0 Å². The van der Waals surface area contributed by atoms with Crippen LogP contribution in [0, 0.1) is 12.7 Å². The van der Waals surface area contributed by atoms with E-state index >= 15 is 0 Å². The van der Waals surface area contributed by atoms with Gasteiger partial charge in [0.05, 0.1) is 19.4 Å². The maximum absolute atomic E-state index is 13.3. The fourth-order valence-corrected chi connectivity index (χ4v) is 3.39. The summed E-state index contributed by atoms with van der Waals surface area (Å²) in [4.78, 5) is 18.9. The second-order valence-corrected chi connectivity index (χ2v) is 7.59. The van der Waals surface area contributed by atoms with Crippen LogP contribution < -0.4 is 5.32 Å². The van der Waals surface area contributed by atoms with E-state index < -0.39 is 0 Å². The lowest BCUT2D eigenvalue weighted by atomic mass is 10.1. The van der Waals surface area contributed by atoms with E-state index in [1.165, 1.54) is 29.5 Å². The number of benzene rings is 2. The molecule has 1 amide bonds. The minimum Gasteiger partial charge on any atom is -0.467 e. The molecule has 0 saturated carbocycles. The van der Waals surface area contributed by atoms with Crippen molar-refractivity contribution < 1.29 is 18.0 Å². The standard InChI is InChI=1S/C25H24FN3O3/c1-18-5-2-3-6-20(18)15-29(14-19-8-10-21(26)11-9-19)16-24-28-23(17-32-24)25(30)27-13-22-7-4-12-31-22/h2-12,17H,13-16H2,1H3,(H,27,30). The van der Waals surface area contributed by atoms with Gasteiger partial charge in [-0.1, -0.05) is 36.4 Å². The van der Waals surface area contributed by atoms with Gasteiger partial charge in [-0.15, -0.1) is 0 Å². The minimum absolute atomic E-state index is 0.212. The molecule has 4 rings (SSSR count). The van der Waals surface area contributed by atoms with Crippen molar-refractivity contribution in [3.05, 3.63) is 113 Å². The molecule has 2 aromatic heterocycles. The average Bonchev–Trinajstić information content (AvgIpc) is 3.47. The summed E-state index contributed by atoms with van der Waals surface area (Å²) in [6, 6.07) is 18.1. The normalized spacial score (nSPS) is 11.1. The van der Waals surface area contributed by atoms with E-state index in [0.29, 0.717) is 31.3 Å². The van der Waals surface area contributed by atoms with Crippen molar-refractivity contribution in [1.82, 2.24) is 15.2 Å². The van der Waals surface area contributed by atoms with Gasteiger partial charge in [-0.3, -0.25) is 9.69 Å². The predicted octanol–water partition coefficient (Wildman–Crippen LogP) is 4.85. The molecule has 0 aliphatic heterocycles. The van der Waals surface area contributed by atoms with Crippen LogP contribution >= 0.6 is 0 Å². The number of carbonyl (C=O) groups is 1. The Bertz CT molecular complexity index is 1150. The highest BCUT2D eigenvalue weighted by atomic mass is 19.1. The topological polar surface area (TPSA) is 71.5 Å². The zero-order chi connectivity index (χ0) is 22.3. The van der Waals surface area contributed by atoms with Crippen LogP contribution in [-0.4, -0.2) is 15.8 Å². The van der Waals surface area contributed by atoms with Gasteiger partial charge < -0.3 is 14.2 Å². The second-order valence-electron chi connectivity index (χ2n) is 7.59. The Morgan fingerprint density at radius 1 is 1.00 bits per heavy atom. The first-order chi connectivity index (χ1) is 15.6. The summed E-state index contributed by atoms with van der Waals surface area (Å²) in [5, 5.41) is 2.76. The molecule has 32 heavy (non-hydrogen) atoms. The van der Waals surface area contributed by atoms with Gasteiger partial charge in [0.15, 0.2) is 5.69 Å². The van der Waals surface area contributed by atoms with Crippen LogP contribution in [0.25, 0.3) is 0 Å². The third-order valence-corrected chi connectivity index (χ3v) is 5.12. The summed E-state index contributed by atoms with van der Waals surface area (Å²) in [6.45, 7) is 3.98. The van der Waals surface area contributed by atoms with Crippen molar-refractivity contribution in [3.8, 4) is 0 Å². The number of aryl methyl sites for hydroxylation is 1. The number of hydrogen-bond donors (Lipinski definition) is 1. The Balaban J connectivity index is 1.45. The molecule has 0 atom stereocenters. The quantitative estimate of drug-likeness (QED) is 0.409. The van der Waals surface area contributed by atoms with E-state index in [9.17, 15) is 9.18 Å². The van der Waals surface area contributed by atoms with Crippen LogP contribution in [0.15, 0.2) is 82.0 Å². The minimum atomic E-state index is -0.333. The van der Waals surface area contributed by atoms with Crippen molar-refractivity contribution in [1.29, 1.82) is 0 Å². The Morgan fingerprint density at radius 2 is 1.81 bits per heavy atom. The van der Waals surface area contributed by atoms with Crippen LogP contribution in [0.2, 0.25) is 0 Å². The van der Waals surface area contributed by atoms with Gasteiger partial charge in [0.1, 0.15) is 17.8 Å². The van der Waals surface area contributed by atoms with Crippen LogP contribution in [0.3, 0.4) is 0 Å². The Morgan fingerprint density at radius 3 is 2.56 bits per heavy atom. The largest absolute Gasteiger partial charge is 0.467 e. The smallest absolute Gasteiger partial charge is 0.273 e. The Hall–Kier alpha value is -3.71. The first-order valence-corrected chi connectivity index (χ1v) is 10.3. The molecule has 164 valence electrons. The lowest BCUT2D eigenvalue weighted by Gasteiger charge is -2.22. The molecule has 0 bridgehead atoms. The van der Waals surface area contributed by atoms with Crippen LogP contribution in [0.4, 0.5) is 4.39 Å².